The summed E-state index contributed by atoms with van der Waals surface area (Å²) in [4.78, 5) is 10.9. The van der Waals surface area contributed by atoms with Crippen LogP contribution in [0.5, 0.6) is 0 Å². The van der Waals surface area contributed by atoms with E-state index < -0.39 is 21.1 Å². The second-order valence-electron chi connectivity index (χ2n) is 4.90. The fraction of sp³-hybridized carbons (Fsp3) is 0.417. The molecule has 1 N–H and O–H groups in total. The Morgan fingerprint density at radius 2 is 2.25 bits per heavy atom. The van der Waals surface area contributed by atoms with Crippen molar-refractivity contribution in [1.29, 1.82) is 0 Å². The molecule has 2 aromatic rings. The van der Waals surface area contributed by atoms with Crippen LogP contribution in [0.15, 0.2) is 18.3 Å². The average Bonchev–Trinajstić information content (AvgIpc) is 2.94. The van der Waals surface area contributed by atoms with Gasteiger partial charge in [-0.05, 0) is 25.0 Å². The van der Waals surface area contributed by atoms with Gasteiger partial charge in [-0.2, -0.15) is 0 Å². The average molecular weight is 295 g/mol. The Kier molecular flexibility index (Phi) is 2.97. The molecule has 7 nitrogen and oxygen atoms in total. The van der Waals surface area contributed by atoms with Crippen LogP contribution in [-0.2, 0) is 16.3 Å². The molecule has 20 heavy (non-hydrogen) atoms. The highest BCUT2D eigenvalue weighted by atomic mass is 32.2. The second-order valence-corrected chi connectivity index (χ2v) is 7.30. The molecule has 8 heteroatoms. The van der Waals surface area contributed by atoms with E-state index in [0.717, 1.165) is 0 Å². The Hall–Kier alpha value is -1.96. The molecule has 0 amide bonds. The number of hydrogen-bond donors (Lipinski definition) is 1. The summed E-state index contributed by atoms with van der Waals surface area (Å²) < 4.78 is 25.3. The van der Waals surface area contributed by atoms with Crippen molar-refractivity contribution >= 4 is 21.5 Å². The summed E-state index contributed by atoms with van der Waals surface area (Å²) in [5, 5.41) is 16.4. The van der Waals surface area contributed by atoms with Gasteiger partial charge in [0.05, 0.1) is 16.6 Å². The van der Waals surface area contributed by atoms with Crippen molar-refractivity contribution in [3.8, 4) is 0 Å². The first-order valence-electron chi connectivity index (χ1n) is 6.26. The van der Waals surface area contributed by atoms with Crippen LogP contribution in [0.2, 0.25) is 0 Å². The molecule has 1 unspecified atom stereocenters. The fourth-order valence-electron chi connectivity index (χ4n) is 2.50. The third-order valence-electron chi connectivity index (χ3n) is 3.60. The molecule has 0 bridgehead atoms. The monoisotopic (exact) mass is 295 g/mol. The number of rotatable bonds is 3. The Labute approximate surface area is 115 Å². The largest absolute Gasteiger partial charge is 0.478 e. The van der Waals surface area contributed by atoms with Gasteiger partial charge in [-0.1, -0.05) is 0 Å². The van der Waals surface area contributed by atoms with Crippen LogP contribution in [0.3, 0.4) is 0 Å². The van der Waals surface area contributed by atoms with Crippen LogP contribution in [-0.4, -0.2) is 45.1 Å². The van der Waals surface area contributed by atoms with E-state index in [4.69, 9.17) is 5.11 Å². The van der Waals surface area contributed by atoms with Crippen LogP contribution in [0.25, 0.3) is 5.65 Å². The minimum absolute atomic E-state index is 0.130. The molecule has 1 fully saturated rings. The van der Waals surface area contributed by atoms with E-state index in [-0.39, 0.29) is 11.3 Å². The molecule has 0 aliphatic carbocycles. The molecular formula is C12H13N3O4S. The zero-order chi connectivity index (χ0) is 14.3. The van der Waals surface area contributed by atoms with E-state index in [2.05, 4.69) is 10.2 Å². The van der Waals surface area contributed by atoms with Crippen molar-refractivity contribution in [2.45, 2.75) is 24.5 Å². The van der Waals surface area contributed by atoms with E-state index in [1.165, 1.54) is 12.1 Å². The van der Waals surface area contributed by atoms with Gasteiger partial charge in [0.2, 0.25) is 0 Å². The first-order valence-corrected chi connectivity index (χ1v) is 7.97. The summed E-state index contributed by atoms with van der Waals surface area (Å²) in [5.41, 5.74) is 0.542. The Bertz CT molecular complexity index is 781. The maximum Gasteiger partial charge on any atom is 0.335 e. The number of carboxylic acids is 1. The SMILES string of the molecule is O=C(O)c1ccn2c(CC3CCCS3(=O)=O)nnc2c1. The van der Waals surface area contributed by atoms with Crippen LogP contribution < -0.4 is 0 Å². The number of carboxylic acid groups (broad SMARTS) is 1. The normalized spacial score (nSPS) is 21.3. The lowest BCUT2D eigenvalue weighted by Crippen LogP contribution is -2.20. The van der Waals surface area contributed by atoms with Crippen molar-refractivity contribution in [2.24, 2.45) is 0 Å². The lowest BCUT2D eigenvalue weighted by atomic mass is 10.2. The number of pyridine rings is 1. The molecule has 1 aliphatic rings. The lowest BCUT2D eigenvalue weighted by Gasteiger charge is -2.07. The van der Waals surface area contributed by atoms with Gasteiger partial charge in [0, 0.05) is 12.6 Å². The highest BCUT2D eigenvalue weighted by Gasteiger charge is 2.32. The maximum absolute atomic E-state index is 11.8. The summed E-state index contributed by atoms with van der Waals surface area (Å²) in [6.45, 7) is 0. The molecule has 1 saturated heterocycles. The lowest BCUT2D eigenvalue weighted by molar-refractivity contribution is 0.0697. The number of fused-ring (bicyclic) bond motifs is 1. The number of sulfone groups is 1. The van der Waals surface area contributed by atoms with Gasteiger partial charge in [-0.25, -0.2) is 13.2 Å². The van der Waals surface area contributed by atoms with Crippen molar-refractivity contribution in [3.63, 3.8) is 0 Å². The van der Waals surface area contributed by atoms with Crippen molar-refractivity contribution in [2.75, 3.05) is 5.75 Å². The van der Waals surface area contributed by atoms with Gasteiger partial charge in [0.1, 0.15) is 5.82 Å². The highest BCUT2D eigenvalue weighted by Crippen LogP contribution is 2.23. The third kappa shape index (κ3) is 2.15. The van der Waals surface area contributed by atoms with E-state index in [1.807, 2.05) is 0 Å². The standard InChI is InChI=1S/C12H13N3O4S/c16-12(17)8-3-4-15-10(6-8)13-14-11(15)7-9-2-1-5-20(9,18)19/h3-4,6,9H,1-2,5,7H2,(H,16,17). The van der Waals surface area contributed by atoms with Gasteiger partial charge in [0.25, 0.3) is 0 Å². The number of aromatic carboxylic acids is 1. The van der Waals surface area contributed by atoms with Crippen molar-refractivity contribution in [3.05, 3.63) is 29.7 Å². The molecular weight excluding hydrogens is 282 g/mol. The van der Waals surface area contributed by atoms with E-state index in [9.17, 15) is 13.2 Å². The Balaban J connectivity index is 1.95. The maximum atomic E-state index is 11.8. The first kappa shape index (κ1) is 13.0. The molecule has 3 heterocycles. The molecule has 106 valence electrons. The summed E-state index contributed by atoms with van der Waals surface area (Å²) in [5.74, 6) is -0.250. The van der Waals surface area contributed by atoms with Crippen LogP contribution in [0, 0.1) is 0 Å². The third-order valence-corrected chi connectivity index (χ3v) is 5.88. The summed E-state index contributed by atoms with van der Waals surface area (Å²) in [7, 11) is -3.03. The summed E-state index contributed by atoms with van der Waals surface area (Å²) >= 11 is 0. The zero-order valence-corrected chi connectivity index (χ0v) is 11.4. The number of aromatic nitrogens is 3. The second kappa shape index (κ2) is 4.55. The Morgan fingerprint density at radius 1 is 1.45 bits per heavy atom. The summed E-state index contributed by atoms with van der Waals surface area (Å²) in [6.07, 6.45) is 3.21. The van der Waals surface area contributed by atoms with Gasteiger partial charge >= 0.3 is 5.97 Å². The quantitative estimate of drug-likeness (QED) is 0.887. The smallest absolute Gasteiger partial charge is 0.335 e. The van der Waals surface area contributed by atoms with Gasteiger partial charge in [-0.15, -0.1) is 10.2 Å². The molecule has 0 radical (unpaired) electrons. The molecule has 1 aliphatic heterocycles. The molecule has 2 aromatic heterocycles. The molecule has 0 saturated carbocycles. The van der Waals surface area contributed by atoms with Crippen LogP contribution in [0.4, 0.5) is 0 Å². The molecule has 0 spiro atoms. The molecule has 0 aromatic carbocycles. The van der Waals surface area contributed by atoms with Crippen molar-refractivity contribution in [1.82, 2.24) is 14.6 Å². The number of hydrogen-bond acceptors (Lipinski definition) is 5. The first-order chi connectivity index (χ1) is 9.47. The van der Waals surface area contributed by atoms with Gasteiger partial charge in [-0.3, -0.25) is 4.40 Å². The van der Waals surface area contributed by atoms with Gasteiger partial charge < -0.3 is 5.11 Å². The van der Waals surface area contributed by atoms with E-state index in [1.54, 1.807) is 10.6 Å². The minimum Gasteiger partial charge on any atom is -0.478 e. The predicted octanol–water partition coefficient (Wildman–Crippen LogP) is 0.547. The Morgan fingerprint density at radius 3 is 2.90 bits per heavy atom. The molecule has 1 atom stereocenters. The van der Waals surface area contributed by atoms with Crippen LogP contribution in [0.1, 0.15) is 29.0 Å². The molecule has 3 rings (SSSR count). The van der Waals surface area contributed by atoms with Gasteiger partial charge in [0.15, 0.2) is 15.5 Å². The summed E-state index contributed by atoms with van der Waals surface area (Å²) in [6, 6.07) is 2.87. The fourth-order valence-corrected chi connectivity index (χ4v) is 4.33. The zero-order valence-electron chi connectivity index (χ0n) is 10.6. The van der Waals surface area contributed by atoms with E-state index in [0.29, 0.717) is 30.7 Å². The topological polar surface area (TPSA) is 102 Å². The van der Waals surface area contributed by atoms with Crippen LogP contribution >= 0.6 is 0 Å². The van der Waals surface area contributed by atoms with Crippen molar-refractivity contribution < 1.29 is 18.3 Å². The predicted molar refractivity (Wildman–Crippen MR) is 70.5 cm³/mol. The number of nitrogens with zero attached hydrogens (tertiary/aromatic N) is 3. The highest BCUT2D eigenvalue weighted by molar-refractivity contribution is 7.92. The minimum atomic E-state index is -3.03. The number of carbonyl (C=O) groups is 1. The van der Waals surface area contributed by atoms with E-state index >= 15 is 0 Å².